The molecule has 0 aliphatic heterocycles. The summed E-state index contributed by atoms with van der Waals surface area (Å²) in [4.78, 5) is 12.0. The molecular weight excluding hydrogens is 608 g/mol. The standard InChI is InChI=1S/C31H33F2NO5S.C6H14/c1-5-37-28(35)17-21-9-6-7-12-27(21)39-19-20-15-22-13-14-38-30(22)25(16-20)23-10-8-11-24(29(23)33)26(18-32)34-40(36)31(2,3)4;1-3-5-6-4-2/h6-16,26,34H,5,17-19H2,1-4H3;3-6H2,1-2H3. The molecule has 2 atom stereocenters. The second kappa shape index (κ2) is 18.1. The van der Waals surface area contributed by atoms with Crippen LogP contribution < -0.4 is 9.46 Å². The molecule has 3 aromatic carbocycles. The minimum absolute atomic E-state index is 0.0758. The van der Waals surface area contributed by atoms with Crippen molar-refractivity contribution in [2.45, 2.75) is 91.0 Å². The van der Waals surface area contributed by atoms with Crippen molar-refractivity contribution in [3.63, 3.8) is 0 Å². The van der Waals surface area contributed by atoms with Gasteiger partial charge in [0.05, 0.1) is 19.3 Å². The van der Waals surface area contributed by atoms with Crippen LogP contribution in [0, 0.1) is 5.82 Å². The molecule has 0 saturated carbocycles. The third-order valence-electron chi connectivity index (χ3n) is 7.23. The molecule has 0 amide bonds. The van der Waals surface area contributed by atoms with E-state index < -0.39 is 34.6 Å². The predicted octanol–water partition coefficient (Wildman–Crippen LogP) is 9.57. The zero-order chi connectivity index (χ0) is 33.7. The number of benzene rings is 3. The fraction of sp³-hybridized carbons (Fsp3) is 0.432. The topological polar surface area (TPSA) is 83.8 Å². The van der Waals surface area contributed by atoms with E-state index in [1.54, 1.807) is 64.1 Å². The number of rotatable bonds is 14. The first-order valence-electron chi connectivity index (χ1n) is 15.9. The Balaban J connectivity index is 0.000000875. The number of alkyl halides is 1. The zero-order valence-electron chi connectivity index (χ0n) is 27.8. The Morgan fingerprint density at radius 1 is 1.00 bits per heavy atom. The van der Waals surface area contributed by atoms with Crippen molar-refractivity contribution in [3.8, 4) is 16.9 Å². The van der Waals surface area contributed by atoms with Gasteiger partial charge in [-0.25, -0.2) is 8.78 Å². The molecule has 1 aromatic heterocycles. The average molecular weight is 656 g/mol. The number of nitrogens with one attached hydrogen (secondary N) is 1. The minimum atomic E-state index is -1.60. The highest BCUT2D eigenvalue weighted by molar-refractivity contribution is 7.90. The van der Waals surface area contributed by atoms with Gasteiger partial charge in [0.15, 0.2) is 0 Å². The maximum atomic E-state index is 16.0. The quantitative estimate of drug-likeness (QED) is 0.0828. The second-order valence-electron chi connectivity index (χ2n) is 12.0. The SMILES string of the molecule is CCCCCC.CCOC(=O)Cc1ccccc1OCc1cc(-c2cccc(C(CF)N[S+]([O-])C(C)(C)C)c2F)c2occc2c1. The van der Waals surface area contributed by atoms with E-state index in [9.17, 15) is 13.7 Å². The minimum Gasteiger partial charge on any atom is -0.598 e. The number of carbonyl (C=O) groups excluding carboxylic acids is 1. The van der Waals surface area contributed by atoms with E-state index in [-0.39, 0.29) is 30.1 Å². The fourth-order valence-corrected chi connectivity index (χ4v) is 5.56. The van der Waals surface area contributed by atoms with Crippen LogP contribution in [0.25, 0.3) is 22.1 Å². The summed E-state index contributed by atoms with van der Waals surface area (Å²) in [5, 5.41) is 0.745. The lowest BCUT2D eigenvalue weighted by Gasteiger charge is -2.27. The third kappa shape index (κ3) is 10.3. The van der Waals surface area contributed by atoms with Crippen molar-refractivity contribution < 1.29 is 32.0 Å². The van der Waals surface area contributed by atoms with Crippen LogP contribution in [0.4, 0.5) is 8.78 Å². The number of hydrogen-bond acceptors (Lipinski definition) is 6. The van der Waals surface area contributed by atoms with Crippen LogP contribution in [0.15, 0.2) is 71.3 Å². The lowest BCUT2D eigenvalue weighted by molar-refractivity contribution is -0.142. The Bertz CT molecular complexity index is 1530. The van der Waals surface area contributed by atoms with Crippen LogP contribution in [0.5, 0.6) is 5.75 Å². The Morgan fingerprint density at radius 2 is 1.72 bits per heavy atom. The molecule has 9 heteroatoms. The molecule has 250 valence electrons. The van der Waals surface area contributed by atoms with Gasteiger partial charge in [0.1, 0.15) is 41.2 Å². The normalized spacial score (nSPS) is 12.7. The highest BCUT2D eigenvalue weighted by Gasteiger charge is 2.31. The first-order chi connectivity index (χ1) is 22.0. The van der Waals surface area contributed by atoms with Crippen molar-refractivity contribution in [1.82, 2.24) is 4.72 Å². The number of unbranched alkanes of at least 4 members (excludes halogenated alkanes) is 3. The fourth-order valence-electron chi connectivity index (χ4n) is 4.76. The summed E-state index contributed by atoms with van der Waals surface area (Å²) >= 11 is -1.60. The van der Waals surface area contributed by atoms with Crippen LogP contribution in [-0.2, 0) is 33.9 Å². The molecule has 0 radical (unpaired) electrons. The van der Waals surface area contributed by atoms with Gasteiger partial charge in [0.2, 0.25) is 0 Å². The Kier molecular flexibility index (Phi) is 14.6. The number of esters is 1. The van der Waals surface area contributed by atoms with Gasteiger partial charge in [-0.3, -0.25) is 4.79 Å². The summed E-state index contributed by atoms with van der Waals surface area (Å²) in [5.74, 6) is -0.427. The Hall–Kier alpha value is -3.40. The van der Waals surface area contributed by atoms with Gasteiger partial charge in [-0.1, -0.05) is 75.9 Å². The summed E-state index contributed by atoms with van der Waals surface area (Å²) in [6.07, 6.45) is 7.14. The van der Waals surface area contributed by atoms with Crippen LogP contribution in [0.3, 0.4) is 0 Å². The number of halogens is 2. The van der Waals surface area contributed by atoms with E-state index in [4.69, 9.17) is 13.9 Å². The molecule has 1 heterocycles. The van der Waals surface area contributed by atoms with Crippen molar-refractivity contribution in [3.05, 3.63) is 89.4 Å². The van der Waals surface area contributed by atoms with Gasteiger partial charge in [-0.15, -0.1) is 4.72 Å². The molecule has 0 aliphatic carbocycles. The molecule has 0 bridgehead atoms. The van der Waals surface area contributed by atoms with Crippen molar-refractivity contribution in [2.75, 3.05) is 13.3 Å². The van der Waals surface area contributed by atoms with E-state index in [2.05, 4.69) is 18.6 Å². The molecule has 0 aliphatic rings. The number of fused-ring (bicyclic) bond motifs is 1. The van der Waals surface area contributed by atoms with Crippen LogP contribution in [0.2, 0.25) is 0 Å². The van der Waals surface area contributed by atoms with Gasteiger partial charge < -0.3 is 18.4 Å². The third-order valence-corrected chi connectivity index (χ3v) is 8.84. The van der Waals surface area contributed by atoms with E-state index in [1.807, 2.05) is 18.2 Å². The molecule has 46 heavy (non-hydrogen) atoms. The number of hydrogen-bond donors (Lipinski definition) is 1. The summed E-state index contributed by atoms with van der Waals surface area (Å²) < 4.78 is 61.6. The first-order valence-corrected chi connectivity index (χ1v) is 17.1. The van der Waals surface area contributed by atoms with E-state index in [0.717, 1.165) is 10.9 Å². The molecule has 1 N–H and O–H groups in total. The van der Waals surface area contributed by atoms with Gasteiger partial charge >= 0.3 is 5.97 Å². The van der Waals surface area contributed by atoms with Gasteiger partial charge in [0.25, 0.3) is 0 Å². The van der Waals surface area contributed by atoms with Gasteiger partial charge in [0, 0.05) is 39.0 Å². The molecular formula is C37H47F2NO5S. The summed E-state index contributed by atoms with van der Waals surface area (Å²) in [5.41, 5.74) is 2.70. The maximum Gasteiger partial charge on any atom is 0.310 e. The smallest absolute Gasteiger partial charge is 0.310 e. The van der Waals surface area contributed by atoms with Gasteiger partial charge in [-0.05, 0) is 57.5 Å². The van der Waals surface area contributed by atoms with Crippen molar-refractivity contribution >= 4 is 28.3 Å². The Morgan fingerprint density at radius 3 is 2.37 bits per heavy atom. The lowest BCUT2D eigenvalue weighted by Crippen LogP contribution is -2.42. The molecule has 0 fully saturated rings. The van der Waals surface area contributed by atoms with Gasteiger partial charge in [-0.2, -0.15) is 0 Å². The molecule has 0 saturated heterocycles. The van der Waals surface area contributed by atoms with Crippen LogP contribution in [-0.4, -0.2) is 28.6 Å². The monoisotopic (exact) mass is 655 g/mol. The number of carbonyl (C=O) groups is 1. The molecule has 2 unspecified atom stereocenters. The summed E-state index contributed by atoms with van der Waals surface area (Å²) in [7, 11) is 0. The highest BCUT2D eigenvalue weighted by Crippen LogP contribution is 2.36. The maximum absolute atomic E-state index is 16.0. The molecule has 4 aromatic rings. The van der Waals surface area contributed by atoms with Crippen molar-refractivity contribution in [2.24, 2.45) is 0 Å². The first kappa shape index (κ1) is 37.1. The summed E-state index contributed by atoms with van der Waals surface area (Å²) in [6.45, 7) is 11.0. The summed E-state index contributed by atoms with van der Waals surface area (Å²) in [6, 6.07) is 16.3. The van der Waals surface area contributed by atoms with Crippen LogP contribution >= 0.6 is 0 Å². The number of ether oxygens (including phenoxy) is 2. The predicted molar refractivity (Wildman–Crippen MR) is 182 cm³/mol. The van der Waals surface area contributed by atoms with Crippen molar-refractivity contribution in [1.29, 1.82) is 0 Å². The van der Waals surface area contributed by atoms with E-state index in [0.29, 0.717) is 29.1 Å². The molecule has 0 spiro atoms. The van der Waals surface area contributed by atoms with E-state index >= 15 is 4.39 Å². The van der Waals surface area contributed by atoms with E-state index in [1.165, 1.54) is 38.0 Å². The highest BCUT2D eigenvalue weighted by atomic mass is 32.2. The number of para-hydroxylation sites is 1. The zero-order valence-corrected chi connectivity index (χ0v) is 28.6. The average Bonchev–Trinajstić information content (AvgIpc) is 3.51. The van der Waals surface area contributed by atoms with Crippen LogP contribution in [0.1, 0.15) is 90.0 Å². The Labute approximate surface area is 275 Å². The lowest BCUT2D eigenvalue weighted by atomic mass is 9.96. The largest absolute Gasteiger partial charge is 0.598 e. The second-order valence-corrected chi connectivity index (χ2v) is 14.0. The number of furan rings is 1. The molecule has 4 rings (SSSR count). The molecule has 6 nitrogen and oxygen atoms in total.